The smallest absolute Gasteiger partial charge is 0.205 e. The summed E-state index contributed by atoms with van der Waals surface area (Å²) in [6.07, 6.45) is 2.74. The number of nitrogens with one attached hydrogen (secondary N) is 2. The Morgan fingerprint density at radius 3 is 1.75 bits per heavy atom. The van der Waals surface area contributed by atoms with Crippen molar-refractivity contribution in [2.45, 2.75) is 13.8 Å². The molecule has 7 heteroatoms. The third kappa shape index (κ3) is 6.72. The van der Waals surface area contributed by atoms with Gasteiger partial charge in [0.15, 0.2) is 0 Å². The van der Waals surface area contributed by atoms with Crippen LogP contribution in [0.5, 0.6) is 0 Å². The minimum atomic E-state index is -0.327. The maximum Gasteiger partial charge on any atom is 0.205 e. The standard InChI is InChI=1S/C17H23N3O4/c1-12(18-6-8-21)10-16(23)14-4-3-5-15(20-14)17(24)11-13(2)19-7-9-22/h3-5,10-11,18-19,21-22H,6-9H2,1-2H3. The second kappa shape index (κ2) is 10.3. The van der Waals surface area contributed by atoms with Crippen LogP contribution in [0, 0.1) is 0 Å². The number of carbonyl (C=O) groups is 2. The van der Waals surface area contributed by atoms with E-state index in [2.05, 4.69) is 15.6 Å². The molecule has 0 unspecified atom stereocenters. The van der Waals surface area contributed by atoms with E-state index in [0.717, 1.165) is 0 Å². The molecule has 0 atom stereocenters. The average molecular weight is 333 g/mol. The number of ketones is 2. The van der Waals surface area contributed by atoms with Crippen LogP contribution in [0.25, 0.3) is 0 Å². The summed E-state index contributed by atoms with van der Waals surface area (Å²) in [7, 11) is 0. The minimum Gasteiger partial charge on any atom is -0.395 e. The van der Waals surface area contributed by atoms with Gasteiger partial charge in [-0.05, 0) is 26.0 Å². The molecule has 0 aliphatic rings. The molecule has 0 saturated carbocycles. The van der Waals surface area contributed by atoms with Gasteiger partial charge >= 0.3 is 0 Å². The fraction of sp³-hybridized carbons (Fsp3) is 0.353. The number of aliphatic hydroxyl groups is 2. The first-order valence-electron chi connectivity index (χ1n) is 7.59. The molecule has 130 valence electrons. The van der Waals surface area contributed by atoms with E-state index in [9.17, 15) is 9.59 Å². The first kappa shape index (κ1) is 19.5. The zero-order valence-corrected chi connectivity index (χ0v) is 13.9. The number of hydrogen-bond acceptors (Lipinski definition) is 7. The van der Waals surface area contributed by atoms with Crippen LogP contribution >= 0.6 is 0 Å². The highest BCUT2D eigenvalue weighted by molar-refractivity contribution is 6.06. The number of aliphatic hydroxyl groups excluding tert-OH is 2. The van der Waals surface area contributed by atoms with E-state index in [1.807, 2.05) is 0 Å². The minimum absolute atomic E-state index is 0.0301. The van der Waals surface area contributed by atoms with Gasteiger partial charge in [-0.15, -0.1) is 0 Å². The van der Waals surface area contributed by atoms with E-state index in [4.69, 9.17) is 10.2 Å². The van der Waals surface area contributed by atoms with Crippen molar-refractivity contribution in [2.75, 3.05) is 26.3 Å². The summed E-state index contributed by atoms with van der Waals surface area (Å²) < 4.78 is 0. The van der Waals surface area contributed by atoms with Crippen molar-refractivity contribution in [3.8, 4) is 0 Å². The molecule has 0 radical (unpaired) electrons. The Morgan fingerprint density at radius 2 is 1.38 bits per heavy atom. The first-order valence-corrected chi connectivity index (χ1v) is 7.59. The van der Waals surface area contributed by atoms with Crippen LogP contribution in [-0.2, 0) is 0 Å². The summed E-state index contributed by atoms with van der Waals surface area (Å²) in [4.78, 5) is 28.4. The Labute approximate surface area is 141 Å². The summed E-state index contributed by atoms with van der Waals surface area (Å²) in [6.45, 7) is 4.07. The predicted molar refractivity (Wildman–Crippen MR) is 90.6 cm³/mol. The molecule has 4 N–H and O–H groups in total. The van der Waals surface area contributed by atoms with Crippen molar-refractivity contribution in [3.63, 3.8) is 0 Å². The van der Waals surface area contributed by atoms with E-state index < -0.39 is 0 Å². The highest BCUT2D eigenvalue weighted by atomic mass is 16.3. The number of allylic oxidation sites excluding steroid dienone is 4. The van der Waals surface area contributed by atoms with Crippen LogP contribution in [0.3, 0.4) is 0 Å². The fourth-order valence-corrected chi connectivity index (χ4v) is 1.86. The first-order chi connectivity index (χ1) is 11.5. The Morgan fingerprint density at radius 1 is 0.958 bits per heavy atom. The van der Waals surface area contributed by atoms with Crippen LogP contribution < -0.4 is 10.6 Å². The molecule has 1 aromatic rings. The molecular formula is C17H23N3O4. The lowest BCUT2D eigenvalue weighted by molar-refractivity contribution is 0.103. The SMILES string of the molecule is CC(=CC(=O)c1cccc(C(=O)C=C(C)NCCO)n1)NCCO. The summed E-state index contributed by atoms with van der Waals surface area (Å²) in [5.41, 5.74) is 1.55. The highest BCUT2D eigenvalue weighted by Gasteiger charge is 2.10. The summed E-state index contributed by atoms with van der Waals surface area (Å²) in [5, 5.41) is 23.2. The molecule has 7 nitrogen and oxygen atoms in total. The number of pyridine rings is 1. The number of hydrogen-bond donors (Lipinski definition) is 4. The van der Waals surface area contributed by atoms with Gasteiger partial charge in [-0.2, -0.15) is 0 Å². The third-order valence-electron chi connectivity index (χ3n) is 2.98. The Hall–Kier alpha value is -2.51. The van der Waals surface area contributed by atoms with Crippen LogP contribution in [-0.4, -0.2) is 53.1 Å². The monoisotopic (exact) mass is 333 g/mol. The number of rotatable bonds is 10. The van der Waals surface area contributed by atoms with Crippen molar-refractivity contribution >= 4 is 11.6 Å². The van der Waals surface area contributed by atoms with Crippen LogP contribution in [0.1, 0.15) is 34.8 Å². The average Bonchev–Trinajstić information content (AvgIpc) is 2.58. The van der Waals surface area contributed by atoms with Gasteiger partial charge < -0.3 is 20.8 Å². The number of carbonyl (C=O) groups excluding carboxylic acids is 2. The lowest BCUT2D eigenvalue weighted by Crippen LogP contribution is -2.17. The fourth-order valence-electron chi connectivity index (χ4n) is 1.86. The Balaban J connectivity index is 2.86. The lowest BCUT2D eigenvalue weighted by atomic mass is 10.1. The van der Waals surface area contributed by atoms with E-state index in [0.29, 0.717) is 24.5 Å². The molecule has 0 saturated heterocycles. The van der Waals surface area contributed by atoms with E-state index in [1.165, 1.54) is 24.3 Å². The van der Waals surface area contributed by atoms with E-state index >= 15 is 0 Å². The van der Waals surface area contributed by atoms with Gasteiger partial charge in [-0.3, -0.25) is 9.59 Å². The van der Waals surface area contributed by atoms with Gasteiger partial charge in [0.05, 0.1) is 13.2 Å². The number of nitrogens with zero attached hydrogens (tertiary/aromatic N) is 1. The van der Waals surface area contributed by atoms with Crippen LogP contribution in [0.2, 0.25) is 0 Å². The Kier molecular flexibility index (Phi) is 8.38. The molecule has 1 aromatic heterocycles. The van der Waals surface area contributed by atoms with Crippen molar-refractivity contribution < 1.29 is 19.8 Å². The Bertz CT molecular complexity index is 587. The summed E-state index contributed by atoms with van der Waals surface area (Å²) in [5.74, 6) is -0.654. The van der Waals surface area contributed by atoms with Gasteiger partial charge in [-0.1, -0.05) is 6.07 Å². The summed E-state index contributed by atoms with van der Waals surface area (Å²) in [6, 6.07) is 4.67. The highest BCUT2D eigenvalue weighted by Crippen LogP contribution is 2.05. The molecule has 0 aliphatic heterocycles. The van der Waals surface area contributed by atoms with Crippen LogP contribution in [0.4, 0.5) is 0 Å². The molecule has 24 heavy (non-hydrogen) atoms. The second-order valence-electron chi connectivity index (χ2n) is 5.09. The zero-order valence-electron chi connectivity index (χ0n) is 13.9. The second-order valence-corrected chi connectivity index (χ2v) is 5.09. The third-order valence-corrected chi connectivity index (χ3v) is 2.98. The largest absolute Gasteiger partial charge is 0.395 e. The quantitative estimate of drug-likeness (QED) is 0.363. The molecular weight excluding hydrogens is 310 g/mol. The topological polar surface area (TPSA) is 112 Å². The molecule has 0 spiro atoms. The van der Waals surface area contributed by atoms with Crippen LogP contribution in [0.15, 0.2) is 41.7 Å². The normalized spacial score (nSPS) is 12.0. The van der Waals surface area contributed by atoms with Crippen molar-refractivity contribution in [1.29, 1.82) is 0 Å². The van der Waals surface area contributed by atoms with Gasteiger partial charge in [0, 0.05) is 36.6 Å². The molecule has 0 bridgehead atoms. The van der Waals surface area contributed by atoms with Crippen molar-refractivity contribution in [1.82, 2.24) is 15.6 Å². The number of aromatic nitrogens is 1. The maximum absolute atomic E-state index is 12.1. The van der Waals surface area contributed by atoms with Crippen molar-refractivity contribution in [2.24, 2.45) is 0 Å². The molecule has 0 aliphatic carbocycles. The predicted octanol–water partition coefficient (Wildman–Crippen LogP) is 0.418. The maximum atomic E-state index is 12.1. The van der Waals surface area contributed by atoms with Gasteiger partial charge in [0.2, 0.25) is 11.6 Å². The molecule has 0 amide bonds. The molecule has 1 heterocycles. The van der Waals surface area contributed by atoms with E-state index in [-0.39, 0.29) is 36.2 Å². The summed E-state index contributed by atoms with van der Waals surface area (Å²) >= 11 is 0. The van der Waals surface area contributed by atoms with Gasteiger partial charge in [0.1, 0.15) is 11.4 Å². The van der Waals surface area contributed by atoms with Gasteiger partial charge in [0.25, 0.3) is 0 Å². The lowest BCUT2D eigenvalue weighted by Gasteiger charge is -2.05. The van der Waals surface area contributed by atoms with E-state index in [1.54, 1.807) is 19.9 Å². The molecule has 0 aromatic carbocycles. The van der Waals surface area contributed by atoms with Gasteiger partial charge in [-0.25, -0.2) is 4.98 Å². The zero-order chi connectivity index (χ0) is 17.9. The van der Waals surface area contributed by atoms with Crippen molar-refractivity contribution in [3.05, 3.63) is 53.1 Å². The molecule has 0 fully saturated rings. The molecule has 1 rings (SSSR count).